The normalized spacial score (nSPS) is 21.3. The van der Waals surface area contributed by atoms with Crippen molar-refractivity contribution in [1.29, 1.82) is 0 Å². The van der Waals surface area contributed by atoms with Gasteiger partial charge in [-0.2, -0.15) is 11.8 Å². The lowest BCUT2D eigenvalue weighted by Gasteiger charge is -2.40. The van der Waals surface area contributed by atoms with E-state index in [1.54, 1.807) is 0 Å². The van der Waals surface area contributed by atoms with Crippen LogP contribution in [0.1, 0.15) is 53.4 Å². The predicted molar refractivity (Wildman–Crippen MR) is 84.7 cm³/mol. The Balaban J connectivity index is 2.69. The number of nitrogens with zero attached hydrogens (tertiary/aromatic N) is 1. The number of amides is 1. The first kappa shape index (κ1) is 16.8. The molecule has 1 atom stereocenters. The minimum absolute atomic E-state index is 0.0296. The summed E-state index contributed by atoms with van der Waals surface area (Å²) in [5, 5.41) is 3.40. The van der Waals surface area contributed by atoms with Crippen LogP contribution in [-0.4, -0.2) is 47.0 Å². The zero-order valence-corrected chi connectivity index (χ0v) is 14.0. The van der Waals surface area contributed by atoms with Crippen LogP contribution in [0.3, 0.4) is 0 Å². The Hall–Kier alpha value is -0.220. The predicted octanol–water partition coefficient (Wildman–Crippen LogP) is 2.90. The van der Waals surface area contributed by atoms with Gasteiger partial charge in [0.05, 0.1) is 6.04 Å². The molecule has 1 saturated heterocycles. The molecule has 1 unspecified atom stereocenters. The number of nitrogens with one attached hydrogen (secondary N) is 1. The van der Waals surface area contributed by atoms with Gasteiger partial charge >= 0.3 is 0 Å². The summed E-state index contributed by atoms with van der Waals surface area (Å²) in [6, 6.07) is 0.401. The van der Waals surface area contributed by atoms with Crippen molar-refractivity contribution < 1.29 is 4.79 Å². The Morgan fingerprint density at radius 2 is 2.05 bits per heavy atom. The lowest BCUT2D eigenvalue weighted by Crippen LogP contribution is -2.55. The monoisotopic (exact) mass is 286 g/mol. The maximum absolute atomic E-state index is 12.5. The molecule has 19 heavy (non-hydrogen) atoms. The van der Waals surface area contributed by atoms with Crippen molar-refractivity contribution >= 4 is 17.7 Å². The maximum Gasteiger partial charge on any atom is 0.239 e. The highest BCUT2D eigenvalue weighted by Crippen LogP contribution is 2.32. The van der Waals surface area contributed by atoms with E-state index in [1.165, 1.54) is 0 Å². The zero-order valence-electron chi connectivity index (χ0n) is 13.2. The molecule has 1 N–H and O–H groups in total. The molecule has 0 aromatic heterocycles. The van der Waals surface area contributed by atoms with E-state index in [9.17, 15) is 4.79 Å². The Morgan fingerprint density at radius 1 is 1.42 bits per heavy atom. The summed E-state index contributed by atoms with van der Waals surface area (Å²) in [6.45, 7) is 10.5. The smallest absolute Gasteiger partial charge is 0.239 e. The van der Waals surface area contributed by atoms with Gasteiger partial charge in [0.2, 0.25) is 5.91 Å². The first-order valence-electron chi connectivity index (χ1n) is 7.58. The van der Waals surface area contributed by atoms with E-state index in [0.29, 0.717) is 11.9 Å². The second-order valence-corrected chi connectivity index (χ2v) is 7.14. The molecular formula is C15H30N2OS. The average molecular weight is 286 g/mol. The molecule has 112 valence electrons. The van der Waals surface area contributed by atoms with Gasteiger partial charge in [-0.15, -0.1) is 0 Å². The van der Waals surface area contributed by atoms with Crippen molar-refractivity contribution in [3.63, 3.8) is 0 Å². The first-order valence-corrected chi connectivity index (χ1v) is 8.80. The van der Waals surface area contributed by atoms with Gasteiger partial charge in [0.1, 0.15) is 0 Å². The summed E-state index contributed by atoms with van der Waals surface area (Å²) < 4.78 is 0.232. The van der Waals surface area contributed by atoms with Crippen LogP contribution in [0.4, 0.5) is 0 Å². The highest BCUT2D eigenvalue weighted by atomic mass is 32.2. The Bertz CT molecular complexity index is 282. The zero-order chi connectivity index (χ0) is 14.5. The fourth-order valence-corrected chi connectivity index (χ4v) is 3.69. The molecule has 1 heterocycles. The summed E-state index contributed by atoms with van der Waals surface area (Å²) in [7, 11) is 0. The van der Waals surface area contributed by atoms with Crippen LogP contribution >= 0.6 is 11.8 Å². The Morgan fingerprint density at radius 3 is 2.53 bits per heavy atom. The molecule has 3 nitrogen and oxygen atoms in total. The quantitative estimate of drug-likeness (QED) is 0.781. The number of hydrogen-bond donors (Lipinski definition) is 1. The molecule has 4 heteroatoms. The van der Waals surface area contributed by atoms with Crippen LogP contribution in [0.25, 0.3) is 0 Å². The number of hydrogen-bond acceptors (Lipinski definition) is 3. The minimum atomic E-state index is 0.0296. The molecular weight excluding hydrogens is 256 g/mol. The molecule has 0 aromatic carbocycles. The van der Waals surface area contributed by atoms with Crippen LogP contribution in [0.2, 0.25) is 0 Å². The average Bonchev–Trinajstić information content (AvgIpc) is 2.40. The van der Waals surface area contributed by atoms with Gasteiger partial charge in [-0.25, -0.2) is 0 Å². The van der Waals surface area contributed by atoms with Crippen LogP contribution < -0.4 is 5.32 Å². The van der Waals surface area contributed by atoms with E-state index >= 15 is 0 Å². The van der Waals surface area contributed by atoms with Gasteiger partial charge in [-0.05, 0) is 31.9 Å². The summed E-state index contributed by atoms with van der Waals surface area (Å²) in [5.74, 6) is 0.306. The van der Waals surface area contributed by atoms with Gasteiger partial charge < -0.3 is 10.2 Å². The third kappa shape index (κ3) is 4.38. The number of rotatable bonds is 7. The third-order valence-corrected chi connectivity index (χ3v) is 5.84. The standard InChI is InChI=1S/C15H30N2OS/c1-6-15(7-2,19-5)11-17-10-8-9-13(14(17)18)16-12(3)4/h12-13,16H,6-11H2,1-5H3. The van der Waals surface area contributed by atoms with Crippen molar-refractivity contribution in [2.75, 3.05) is 19.3 Å². The second-order valence-electron chi connectivity index (χ2n) is 5.87. The molecule has 1 fully saturated rings. The summed E-state index contributed by atoms with van der Waals surface area (Å²) in [4.78, 5) is 14.6. The first-order chi connectivity index (χ1) is 8.98. The number of likely N-dealkylation sites (tertiary alicyclic amines) is 1. The molecule has 1 aliphatic rings. The number of carbonyl (C=O) groups is 1. The maximum atomic E-state index is 12.5. The van der Waals surface area contributed by atoms with Crippen LogP contribution in [0, 0.1) is 0 Å². The largest absolute Gasteiger partial charge is 0.340 e. The number of thioether (sulfide) groups is 1. The molecule has 1 amide bonds. The second kappa shape index (κ2) is 7.53. The summed E-state index contributed by atoms with van der Waals surface area (Å²) in [6.07, 6.45) is 6.52. The Kier molecular flexibility index (Phi) is 6.67. The van der Waals surface area contributed by atoms with Crippen LogP contribution in [-0.2, 0) is 4.79 Å². The van der Waals surface area contributed by atoms with E-state index < -0.39 is 0 Å². The summed E-state index contributed by atoms with van der Waals surface area (Å²) in [5.41, 5.74) is 0. The van der Waals surface area contributed by atoms with E-state index in [4.69, 9.17) is 0 Å². The van der Waals surface area contributed by atoms with E-state index in [1.807, 2.05) is 11.8 Å². The molecule has 0 aromatic rings. The molecule has 1 aliphatic heterocycles. The van der Waals surface area contributed by atoms with Crippen molar-refractivity contribution in [2.24, 2.45) is 0 Å². The molecule has 0 aliphatic carbocycles. The molecule has 0 radical (unpaired) electrons. The van der Waals surface area contributed by atoms with Crippen molar-refractivity contribution in [2.45, 2.75) is 70.2 Å². The summed E-state index contributed by atoms with van der Waals surface area (Å²) >= 11 is 1.91. The lowest BCUT2D eigenvalue weighted by molar-refractivity contribution is -0.136. The van der Waals surface area contributed by atoms with Crippen LogP contribution in [0.5, 0.6) is 0 Å². The van der Waals surface area contributed by atoms with Crippen molar-refractivity contribution in [3.05, 3.63) is 0 Å². The van der Waals surface area contributed by atoms with Gasteiger partial charge in [0.15, 0.2) is 0 Å². The van der Waals surface area contributed by atoms with Gasteiger partial charge in [0, 0.05) is 23.9 Å². The lowest BCUT2D eigenvalue weighted by atomic mass is 9.98. The highest BCUT2D eigenvalue weighted by Gasteiger charge is 2.34. The number of piperidine rings is 1. The van der Waals surface area contributed by atoms with Crippen molar-refractivity contribution in [1.82, 2.24) is 10.2 Å². The fraction of sp³-hybridized carbons (Fsp3) is 0.933. The number of carbonyl (C=O) groups excluding carboxylic acids is 1. The fourth-order valence-electron chi connectivity index (χ4n) is 2.83. The van der Waals surface area contributed by atoms with Crippen LogP contribution in [0.15, 0.2) is 0 Å². The molecule has 0 bridgehead atoms. The molecule has 1 rings (SSSR count). The molecule has 0 spiro atoms. The SMILES string of the molecule is CCC(CC)(CN1CCCC(NC(C)C)C1=O)SC. The van der Waals surface area contributed by atoms with Gasteiger partial charge in [0.25, 0.3) is 0 Å². The van der Waals surface area contributed by atoms with Gasteiger partial charge in [-0.3, -0.25) is 4.79 Å². The van der Waals surface area contributed by atoms with Gasteiger partial charge in [-0.1, -0.05) is 27.7 Å². The Labute approximate surface area is 122 Å². The minimum Gasteiger partial charge on any atom is -0.340 e. The topological polar surface area (TPSA) is 32.3 Å². The highest BCUT2D eigenvalue weighted by molar-refractivity contribution is 8.00. The van der Waals surface area contributed by atoms with E-state index in [-0.39, 0.29) is 10.8 Å². The van der Waals surface area contributed by atoms with E-state index in [0.717, 1.165) is 38.8 Å². The van der Waals surface area contributed by atoms with Crippen molar-refractivity contribution in [3.8, 4) is 0 Å². The van der Waals surface area contributed by atoms with E-state index in [2.05, 4.69) is 44.2 Å². The molecule has 0 saturated carbocycles. The third-order valence-electron chi connectivity index (χ3n) is 4.27.